The Balaban J connectivity index is 2.18. The molecule has 0 aromatic heterocycles. The van der Waals surface area contributed by atoms with E-state index < -0.39 is 11.9 Å². The van der Waals surface area contributed by atoms with Gasteiger partial charge in [0.25, 0.3) is 11.8 Å². The summed E-state index contributed by atoms with van der Waals surface area (Å²) in [6.07, 6.45) is 0.159. The van der Waals surface area contributed by atoms with E-state index >= 15 is 0 Å². The van der Waals surface area contributed by atoms with Crippen molar-refractivity contribution in [2.24, 2.45) is 5.10 Å². The van der Waals surface area contributed by atoms with Gasteiger partial charge in [0.1, 0.15) is 11.8 Å². The van der Waals surface area contributed by atoms with Crippen LogP contribution in [0.25, 0.3) is 0 Å². The van der Waals surface area contributed by atoms with E-state index in [1.54, 1.807) is 55.5 Å². The average molecular weight is 351 g/mol. The van der Waals surface area contributed by atoms with Crippen LogP contribution in [0.1, 0.15) is 42.2 Å². The second-order valence-corrected chi connectivity index (χ2v) is 5.89. The molecule has 2 N–H and O–H groups in total. The largest absolute Gasteiger partial charge is 0.336 e. The second-order valence-electron chi connectivity index (χ2n) is 5.89. The molecule has 0 saturated heterocycles. The van der Waals surface area contributed by atoms with Crippen molar-refractivity contribution in [1.82, 2.24) is 10.7 Å². The van der Waals surface area contributed by atoms with Gasteiger partial charge in [0, 0.05) is 17.7 Å². The SMILES string of the molecule is CC(=O)C/C(C)=N/NC(=O)[C@@H](NC(=O)c1ccccc1)c1ccccc1. The first kappa shape index (κ1) is 19.1. The van der Waals surface area contributed by atoms with Gasteiger partial charge in [-0.05, 0) is 31.5 Å². The number of benzene rings is 2. The van der Waals surface area contributed by atoms with Gasteiger partial charge in [-0.2, -0.15) is 5.10 Å². The van der Waals surface area contributed by atoms with Crippen LogP contribution in [-0.2, 0) is 9.59 Å². The molecule has 0 heterocycles. The Hall–Kier alpha value is -3.28. The minimum atomic E-state index is -0.905. The fourth-order valence-corrected chi connectivity index (χ4v) is 2.36. The molecular weight excluding hydrogens is 330 g/mol. The van der Waals surface area contributed by atoms with Crippen LogP contribution in [0.5, 0.6) is 0 Å². The molecule has 2 aromatic rings. The number of carbonyl (C=O) groups is 3. The average Bonchev–Trinajstić information content (AvgIpc) is 2.65. The van der Waals surface area contributed by atoms with E-state index in [4.69, 9.17) is 0 Å². The summed E-state index contributed by atoms with van der Waals surface area (Å²) in [7, 11) is 0. The highest BCUT2D eigenvalue weighted by atomic mass is 16.2. The Kier molecular flexibility index (Phi) is 6.79. The van der Waals surface area contributed by atoms with Gasteiger partial charge < -0.3 is 5.32 Å². The molecule has 26 heavy (non-hydrogen) atoms. The molecule has 0 saturated carbocycles. The van der Waals surface area contributed by atoms with Gasteiger partial charge in [-0.25, -0.2) is 5.43 Å². The molecule has 0 aliphatic rings. The van der Waals surface area contributed by atoms with Crippen LogP contribution in [0.15, 0.2) is 65.8 Å². The number of Topliss-reactive ketones (excluding diaryl/α,β-unsaturated/α-hetero) is 1. The Morgan fingerprint density at radius 1 is 0.923 bits per heavy atom. The maximum Gasteiger partial charge on any atom is 0.267 e. The lowest BCUT2D eigenvalue weighted by molar-refractivity contribution is -0.123. The van der Waals surface area contributed by atoms with E-state index in [0.717, 1.165) is 0 Å². The molecule has 0 fully saturated rings. The van der Waals surface area contributed by atoms with Crippen molar-refractivity contribution in [3.05, 3.63) is 71.8 Å². The van der Waals surface area contributed by atoms with Gasteiger partial charge >= 0.3 is 0 Å². The molecule has 0 aliphatic heterocycles. The molecule has 2 aromatic carbocycles. The minimum absolute atomic E-state index is 0.0440. The standard InChI is InChI=1S/C20H21N3O3/c1-14(13-15(2)24)22-23-20(26)18(16-9-5-3-6-10-16)21-19(25)17-11-7-4-8-12-17/h3-12,18H,13H2,1-2H3,(H,21,25)(H,23,26)/b22-14+/t18-/m0/s1. The number of rotatable bonds is 7. The zero-order valence-electron chi connectivity index (χ0n) is 14.7. The van der Waals surface area contributed by atoms with Crippen molar-refractivity contribution in [3.8, 4) is 0 Å². The third kappa shape index (κ3) is 5.66. The fourth-order valence-electron chi connectivity index (χ4n) is 2.36. The lowest BCUT2D eigenvalue weighted by atomic mass is 10.1. The summed E-state index contributed by atoms with van der Waals surface area (Å²) < 4.78 is 0. The summed E-state index contributed by atoms with van der Waals surface area (Å²) in [4.78, 5) is 36.1. The highest BCUT2D eigenvalue weighted by Crippen LogP contribution is 2.14. The summed E-state index contributed by atoms with van der Waals surface area (Å²) in [5.41, 5.74) is 4.01. The van der Waals surface area contributed by atoms with Crippen LogP contribution in [0.4, 0.5) is 0 Å². The third-order valence-electron chi connectivity index (χ3n) is 3.57. The second kappa shape index (κ2) is 9.27. The van der Waals surface area contributed by atoms with E-state index in [1.165, 1.54) is 6.92 Å². The number of nitrogens with one attached hydrogen (secondary N) is 2. The smallest absolute Gasteiger partial charge is 0.267 e. The van der Waals surface area contributed by atoms with Crippen molar-refractivity contribution >= 4 is 23.3 Å². The van der Waals surface area contributed by atoms with Gasteiger partial charge in [-0.1, -0.05) is 48.5 Å². The van der Waals surface area contributed by atoms with Crippen molar-refractivity contribution in [1.29, 1.82) is 0 Å². The lowest BCUT2D eigenvalue weighted by Gasteiger charge is -2.18. The van der Waals surface area contributed by atoms with Gasteiger partial charge in [0.2, 0.25) is 0 Å². The van der Waals surface area contributed by atoms with E-state index in [1.807, 2.05) is 12.1 Å². The molecule has 1 atom stereocenters. The maximum absolute atomic E-state index is 12.6. The molecule has 2 amide bonds. The maximum atomic E-state index is 12.6. The monoisotopic (exact) mass is 351 g/mol. The van der Waals surface area contributed by atoms with Gasteiger partial charge in [0.15, 0.2) is 0 Å². The summed E-state index contributed by atoms with van der Waals surface area (Å²) >= 11 is 0. The van der Waals surface area contributed by atoms with Crippen molar-refractivity contribution < 1.29 is 14.4 Å². The summed E-state index contributed by atoms with van der Waals surface area (Å²) in [6.45, 7) is 3.11. The first-order valence-electron chi connectivity index (χ1n) is 8.20. The highest BCUT2D eigenvalue weighted by Gasteiger charge is 2.23. The van der Waals surface area contributed by atoms with Crippen LogP contribution in [0, 0.1) is 0 Å². The first-order chi connectivity index (χ1) is 12.5. The number of carbonyl (C=O) groups excluding carboxylic acids is 3. The third-order valence-corrected chi connectivity index (χ3v) is 3.57. The van der Waals surface area contributed by atoms with Crippen LogP contribution < -0.4 is 10.7 Å². The van der Waals surface area contributed by atoms with Crippen LogP contribution in [-0.4, -0.2) is 23.3 Å². The summed E-state index contributed by atoms with van der Waals surface area (Å²) in [5.74, 6) is -0.889. The van der Waals surface area contributed by atoms with E-state index in [0.29, 0.717) is 16.8 Å². The number of hydrogen-bond donors (Lipinski definition) is 2. The molecule has 0 spiro atoms. The molecule has 2 rings (SSSR count). The Labute approximate surface area is 152 Å². The van der Waals surface area contributed by atoms with E-state index in [2.05, 4.69) is 15.8 Å². The predicted octanol–water partition coefficient (Wildman–Crippen LogP) is 2.63. The molecule has 6 heteroatoms. The summed E-state index contributed by atoms with van der Waals surface area (Å²) in [6, 6.07) is 16.7. The van der Waals surface area contributed by atoms with Gasteiger partial charge in [-0.3, -0.25) is 14.4 Å². The molecular formula is C20H21N3O3. The first-order valence-corrected chi connectivity index (χ1v) is 8.20. The number of hydrogen-bond acceptors (Lipinski definition) is 4. The van der Waals surface area contributed by atoms with Crippen LogP contribution >= 0.6 is 0 Å². The van der Waals surface area contributed by atoms with Gasteiger partial charge in [0.05, 0.1) is 0 Å². The van der Waals surface area contributed by atoms with E-state index in [-0.39, 0.29) is 18.1 Å². The Bertz CT molecular complexity index is 802. The van der Waals surface area contributed by atoms with Crippen molar-refractivity contribution in [2.45, 2.75) is 26.3 Å². The molecule has 0 radical (unpaired) electrons. The Morgan fingerprint density at radius 2 is 1.50 bits per heavy atom. The number of amides is 2. The van der Waals surface area contributed by atoms with Crippen LogP contribution in [0.2, 0.25) is 0 Å². The minimum Gasteiger partial charge on any atom is -0.336 e. The zero-order valence-corrected chi connectivity index (χ0v) is 14.7. The van der Waals surface area contributed by atoms with Crippen molar-refractivity contribution in [2.75, 3.05) is 0 Å². The molecule has 0 unspecified atom stereocenters. The molecule has 0 bridgehead atoms. The Morgan fingerprint density at radius 3 is 2.08 bits per heavy atom. The number of hydrazone groups is 1. The topological polar surface area (TPSA) is 87.6 Å². The highest BCUT2D eigenvalue weighted by molar-refractivity contribution is 6.01. The fraction of sp³-hybridized carbons (Fsp3) is 0.200. The normalized spacial score (nSPS) is 12.2. The quantitative estimate of drug-likeness (QED) is 0.594. The molecule has 6 nitrogen and oxygen atoms in total. The molecule has 134 valence electrons. The van der Waals surface area contributed by atoms with E-state index in [9.17, 15) is 14.4 Å². The zero-order chi connectivity index (χ0) is 18.9. The summed E-state index contributed by atoms with van der Waals surface area (Å²) in [5, 5.41) is 6.66. The lowest BCUT2D eigenvalue weighted by Crippen LogP contribution is -2.39. The number of nitrogens with zero attached hydrogens (tertiary/aromatic N) is 1. The predicted molar refractivity (Wildman–Crippen MR) is 99.6 cm³/mol. The van der Waals surface area contributed by atoms with Crippen LogP contribution in [0.3, 0.4) is 0 Å². The molecule has 0 aliphatic carbocycles. The number of ketones is 1. The van der Waals surface area contributed by atoms with Crippen molar-refractivity contribution in [3.63, 3.8) is 0 Å². The van der Waals surface area contributed by atoms with Gasteiger partial charge in [-0.15, -0.1) is 0 Å².